The molecule has 3 heterocycles. The number of rotatable bonds is 9. The molecule has 1 fully saturated rings. The molecule has 0 radical (unpaired) electrons. The minimum absolute atomic E-state index is 0.0751. The highest BCUT2D eigenvalue weighted by atomic mass is 32.2. The first-order valence-corrected chi connectivity index (χ1v) is 17.1. The molecular weight excluding hydrogens is 695 g/mol. The minimum atomic E-state index is -4.72. The van der Waals surface area contributed by atoms with E-state index >= 15 is 0 Å². The first-order chi connectivity index (χ1) is 24.1. The number of alkyl halides is 3. The lowest BCUT2D eigenvalue weighted by atomic mass is 9.99. The molecule has 0 spiro atoms. The number of hydrazine groups is 1. The molecular formula is C33H30F3N7O7S. The van der Waals surface area contributed by atoms with Crippen molar-refractivity contribution in [2.75, 3.05) is 13.1 Å². The number of amides is 3. The van der Waals surface area contributed by atoms with Gasteiger partial charge in [-0.1, -0.05) is 42.0 Å². The van der Waals surface area contributed by atoms with Crippen LogP contribution in [0.5, 0.6) is 0 Å². The summed E-state index contributed by atoms with van der Waals surface area (Å²) in [5.41, 5.74) is 0.900. The SMILES string of the molecule is Cc1ccc(-c2cc(C(F)(F)F)nn2-c2ccc(S(=O)(=O)NC(=O)C3CCCN([N+]([O-])=NOC(C)N4C(=O)c5ccccc5C4=O)C3)cc2)cc1. The Morgan fingerprint density at radius 1 is 1.04 bits per heavy atom. The van der Waals surface area contributed by atoms with Crippen LogP contribution in [0.4, 0.5) is 13.2 Å². The molecule has 2 atom stereocenters. The molecule has 6 rings (SSSR count). The molecule has 266 valence electrons. The van der Waals surface area contributed by atoms with Crippen LogP contribution in [0.3, 0.4) is 0 Å². The molecule has 1 saturated heterocycles. The van der Waals surface area contributed by atoms with E-state index in [0.717, 1.165) is 38.4 Å². The fourth-order valence-corrected chi connectivity index (χ4v) is 6.80. The van der Waals surface area contributed by atoms with Gasteiger partial charge >= 0.3 is 6.18 Å². The summed E-state index contributed by atoms with van der Waals surface area (Å²) in [6.07, 6.45) is -5.39. The number of hydrogen-bond donors (Lipinski definition) is 1. The maximum atomic E-state index is 13.6. The lowest BCUT2D eigenvalue weighted by Gasteiger charge is -2.28. The van der Waals surface area contributed by atoms with Crippen molar-refractivity contribution in [1.82, 2.24) is 24.4 Å². The zero-order valence-corrected chi connectivity index (χ0v) is 27.9. The molecule has 2 aliphatic heterocycles. The first-order valence-electron chi connectivity index (χ1n) is 15.6. The number of halogens is 3. The lowest BCUT2D eigenvalue weighted by molar-refractivity contribution is -0.715. The van der Waals surface area contributed by atoms with Crippen LogP contribution in [-0.2, 0) is 25.8 Å². The molecule has 51 heavy (non-hydrogen) atoms. The van der Waals surface area contributed by atoms with Crippen LogP contribution >= 0.6 is 0 Å². The van der Waals surface area contributed by atoms with E-state index in [1.165, 1.54) is 31.2 Å². The second-order valence-electron chi connectivity index (χ2n) is 12.0. The largest absolute Gasteiger partial charge is 0.569 e. The number of benzene rings is 3. The molecule has 18 heteroatoms. The molecule has 1 aromatic heterocycles. The second-order valence-corrected chi connectivity index (χ2v) is 13.7. The van der Waals surface area contributed by atoms with Crippen molar-refractivity contribution in [3.05, 3.63) is 106 Å². The zero-order chi connectivity index (χ0) is 36.7. The number of aryl methyl sites for hydroxylation is 1. The standard InChI is InChI=1S/C33H30F3N7O7S/c1-20-9-11-22(12-10-20)28-18-29(33(34,35)36)37-42(28)24-13-15-25(16-14-24)51(48,49)38-30(44)23-6-5-17-40(19-23)43(47)39-50-21(2)41-31(45)26-7-3-4-8-27(26)32(41)46/h3-4,7-16,18,21,23H,5-6,17,19H2,1-2H3,(H,38,44). The van der Waals surface area contributed by atoms with E-state index in [1.807, 2.05) is 11.6 Å². The summed E-state index contributed by atoms with van der Waals surface area (Å²) in [5, 5.41) is 21.0. The van der Waals surface area contributed by atoms with Crippen LogP contribution in [0.25, 0.3) is 16.9 Å². The average Bonchev–Trinajstić information content (AvgIpc) is 3.67. The predicted molar refractivity (Wildman–Crippen MR) is 172 cm³/mol. The topological polar surface area (TPSA) is 169 Å². The Hall–Kier alpha value is -5.78. The van der Waals surface area contributed by atoms with E-state index in [0.29, 0.717) is 12.0 Å². The molecule has 0 aliphatic carbocycles. The van der Waals surface area contributed by atoms with Gasteiger partial charge < -0.3 is 10.0 Å². The number of carbonyl (C=O) groups is 3. The maximum Gasteiger partial charge on any atom is 0.435 e. The van der Waals surface area contributed by atoms with Crippen molar-refractivity contribution in [2.24, 2.45) is 11.2 Å². The van der Waals surface area contributed by atoms with Gasteiger partial charge in [0.05, 0.1) is 51.4 Å². The molecule has 14 nitrogen and oxygen atoms in total. The van der Waals surface area contributed by atoms with Gasteiger partial charge in [-0.2, -0.15) is 18.3 Å². The Bertz CT molecular complexity index is 2100. The number of piperidine rings is 1. The highest BCUT2D eigenvalue weighted by molar-refractivity contribution is 7.90. The molecule has 1 N–H and O–H groups in total. The number of nitrogens with zero attached hydrogens (tertiary/aromatic N) is 6. The van der Waals surface area contributed by atoms with Gasteiger partial charge in [0.15, 0.2) is 5.69 Å². The van der Waals surface area contributed by atoms with Crippen molar-refractivity contribution in [1.29, 1.82) is 0 Å². The summed E-state index contributed by atoms with van der Waals surface area (Å²) in [6, 6.07) is 18.7. The average molecular weight is 726 g/mol. The fourth-order valence-electron chi connectivity index (χ4n) is 5.76. The summed E-state index contributed by atoms with van der Waals surface area (Å²) in [5.74, 6) is -3.05. The van der Waals surface area contributed by atoms with E-state index < -0.39 is 51.8 Å². The lowest BCUT2D eigenvalue weighted by Crippen LogP contribution is -2.47. The van der Waals surface area contributed by atoms with E-state index in [1.54, 1.807) is 36.4 Å². The van der Waals surface area contributed by atoms with Crippen LogP contribution < -0.4 is 4.72 Å². The molecule has 2 aliphatic rings. The summed E-state index contributed by atoms with van der Waals surface area (Å²) >= 11 is 0. The first kappa shape index (κ1) is 35.1. The van der Waals surface area contributed by atoms with E-state index in [9.17, 15) is 41.2 Å². The van der Waals surface area contributed by atoms with E-state index in [-0.39, 0.29) is 51.9 Å². The third-order valence-corrected chi connectivity index (χ3v) is 9.81. The molecule has 0 saturated carbocycles. The second kappa shape index (κ2) is 13.5. The summed E-state index contributed by atoms with van der Waals surface area (Å²) in [7, 11) is -4.43. The molecule has 2 unspecified atom stereocenters. The minimum Gasteiger partial charge on any atom is -0.569 e. The van der Waals surface area contributed by atoms with Crippen molar-refractivity contribution in [3.63, 3.8) is 0 Å². The predicted octanol–water partition coefficient (Wildman–Crippen LogP) is 4.83. The van der Waals surface area contributed by atoms with Gasteiger partial charge in [-0.25, -0.2) is 22.7 Å². The third kappa shape index (κ3) is 7.12. The van der Waals surface area contributed by atoms with Crippen molar-refractivity contribution in [3.8, 4) is 16.9 Å². The van der Waals surface area contributed by atoms with Crippen LogP contribution in [0, 0.1) is 18.0 Å². The van der Waals surface area contributed by atoms with Crippen LogP contribution in [-0.4, -0.2) is 70.1 Å². The van der Waals surface area contributed by atoms with Crippen molar-refractivity contribution >= 4 is 27.7 Å². The molecule has 4 aromatic rings. The number of carbonyl (C=O) groups excluding carboxylic acids is 3. The van der Waals surface area contributed by atoms with E-state index in [4.69, 9.17) is 4.84 Å². The zero-order valence-electron chi connectivity index (χ0n) is 27.1. The molecule has 0 bridgehead atoms. The number of imide groups is 1. The Kier molecular flexibility index (Phi) is 9.28. The van der Waals surface area contributed by atoms with Crippen molar-refractivity contribution in [2.45, 2.75) is 44.0 Å². The Morgan fingerprint density at radius 3 is 2.27 bits per heavy atom. The quantitative estimate of drug-likeness (QED) is 0.110. The Labute approximate surface area is 289 Å². The van der Waals surface area contributed by atoms with Gasteiger partial charge in [-0.15, -0.1) is 5.01 Å². The normalized spacial score (nSPS) is 17.4. The van der Waals surface area contributed by atoms with Gasteiger partial charge in [-0.3, -0.25) is 14.4 Å². The van der Waals surface area contributed by atoms with Gasteiger partial charge in [0, 0.05) is 5.56 Å². The van der Waals surface area contributed by atoms with Gasteiger partial charge in [0.1, 0.15) is 0 Å². The Morgan fingerprint density at radius 2 is 1.67 bits per heavy atom. The highest BCUT2D eigenvalue weighted by Crippen LogP contribution is 2.33. The smallest absolute Gasteiger partial charge is 0.435 e. The van der Waals surface area contributed by atoms with Gasteiger partial charge in [0.2, 0.25) is 17.4 Å². The van der Waals surface area contributed by atoms with Gasteiger partial charge in [-0.05, 0) is 69.2 Å². The highest BCUT2D eigenvalue weighted by Gasteiger charge is 2.40. The van der Waals surface area contributed by atoms with Crippen LogP contribution in [0.15, 0.2) is 89.0 Å². The maximum absolute atomic E-state index is 13.6. The summed E-state index contributed by atoms with van der Waals surface area (Å²) in [4.78, 5) is 44.2. The third-order valence-electron chi connectivity index (χ3n) is 8.45. The van der Waals surface area contributed by atoms with Crippen LogP contribution in [0.1, 0.15) is 51.7 Å². The number of hydrogen-bond acceptors (Lipinski definition) is 9. The Balaban J connectivity index is 1.11. The van der Waals surface area contributed by atoms with Crippen LogP contribution in [0.2, 0.25) is 0 Å². The van der Waals surface area contributed by atoms with E-state index in [2.05, 4.69) is 10.4 Å². The number of nitrogens with one attached hydrogen (secondary N) is 1. The monoisotopic (exact) mass is 725 g/mol. The summed E-state index contributed by atoms with van der Waals surface area (Å²) < 4.78 is 70.1. The number of fused-ring (bicyclic) bond motifs is 1. The number of aromatic nitrogens is 2. The van der Waals surface area contributed by atoms with Gasteiger partial charge in [0.25, 0.3) is 21.8 Å². The summed E-state index contributed by atoms with van der Waals surface area (Å²) in [6.45, 7) is 3.13. The molecule has 3 aromatic carbocycles. The molecule has 3 amide bonds. The van der Waals surface area contributed by atoms with Crippen molar-refractivity contribution < 1.29 is 45.8 Å². The fraction of sp³-hybridized carbons (Fsp3) is 0.273. The number of sulfonamides is 1.